The van der Waals surface area contributed by atoms with Crippen LogP contribution in [-0.2, 0) is 8.95 Å². The summed E-state index contributed by atoms with van der Waals surface area (Å²) in [6.07, 6.45) is 0. The standard InChI is InChI=1S/C36H30BI3O3/c1-7-19-31(20-8-1)38(32-21-9-2-10-22-32)41-37(42-39(33-23-11-3-12-24-33)34-25-13-4-14-26-34)43-40(35-27-15-5-16-28-35)36-29-17-6-18-30-36/h1-30H. The van der Waals surface area contributed by atoms with Gasteiger partial charge in [-0.2, -0.15) is 0 Å². The number of benzene rings is 6. The van der Waals surface area contributed by atoms with E-state index in [0.29, 0.717) is 0 Å². The van der Waals surface area contributed by atoms with Crippen LogP contribution in [0.1, 0.15) is 0 Å². The molecule has 7 heteroatoms. The van der Waals surface area contributed by atoms with Crippen LogP contribution in [0.15, 0.2) is 182 Å². The second-order valence-electron chi connectivity index (χ2n) is 9.08. The van der Waals surface area contributed by atoms with E-state index in [2.05, 4.69) is 182 Å². The Morgan fingerprint density at radius 3 is 0.581 bits per heavy atom. The molecule has 0 bridgehead atoms. The second kappa shape index (κ2) is 16.0. The van der Waals surface area contributed by atoms with E-state index in [-0.39, 0.29) is 0 Å². The van der Waals surface area contributed by atoms with E-state index >= 15 is 0 Å². The summed E-state index contributed by atoms with van der Waals surface area (Å²) in [6, 6.07) is 63.4. The van der Waals surface area contributed by atoms with E-state index in [1.165, 1.54) is 21.4 Å². The summed E-state index contributed by atoms with van der Waals surface area (Å²) in [7, 11) is -0.832. The van der Waals surface area contributed by atoms with Crippen LogP contribution in [0.25, 0.3) is 0 Å². The van der Waals surface area contributed by atoms with Gasteiger partial charge in [0.2, 0.25) is 0 Å². The van der Waals surface area contributed by atoms with Gasteiger partial charge in [-0.25, -0.2) is 0 Å². The van der Waals surface area contributed by atoms with Crippen LogP contribution in [0, 0.1) is 21.4 Å². The van der Waals surface area contributed by atoms with Crippen LogP contribution in [0.2, 0.25) is 0 Å². The molecule has 0 amide bonds. The minimum absolute atomic E-state index is 0.832. The van der Waals surface area contributed by atoms with Gasteiger partial charge < -0.3 is 0 Å². The van der Waals surface area contributed by atoms with E-state index < -0.39 is 68.0 Å². The Labute approximate surface area is 277 Å². The van der Waals surface area contributed by atoms with Gasteiger partial charge in [-0.05, 0) is 0 Å². The molecule has 0 spiro atoms. The van der Waals surface area contributed by atoms with Gasteiger partial charge in [0.1, 0.15) is 0 Å². The van der Waals surface area contributed by atoms with Crippen molar-refractivity contribution in [3.8, 4) is 0 Å². The fourth-order valence-electron chi connectivity index (χ4n) is 4.12. The van der Waals surface area contributed by atoms with Crippen molar-refractivity contribution in [2.75, 3.05) is 0 Å². The van der Waals surface area contributed by atoms with Gasteiger partial charge in [-0.3, -0.25) is 0 Å². The molecule has 6 aromatic carbocycles. The van der Waals surface area contributed by atoms with Gasteiger partial charge in [0, 0.05) is 0 Å². The van der Waals surface area contributed by atoms with Gasteiger partial charge >= 0.3 is 280 Å². The Morgan fingerprint density at radius 1 is 0.256 bits per heavy atom. The quantitative estimate of drug-likeness (QED) is 0.0905. The summed E-state index contributed by atoms with van der Waals surface area (Å²) < 4.78 is 28.7. The van der Waals surface area contributed by atoms with Crippen molar-refractivity contribution in [2.45, 2.75) is 0 Å². The van der Waals surface area contributed by atoms with E-state index in [0.717, 1.165) is 0 Å². The van der Waals surface area contributed by atoms with E-state index in [1.54, 1.807) is 0 Å². The number of rotatable bonds is 12. The minimum atomic E-state index is -2.44. The summed E-state index contributed by atoms with van der Waals surface area (Å²) >= 11 is -7.31. The van der Waals surface area contributed by atoms with Crippen molar-refractivity contribution >= 4 is 68.0 Å². The Morgan fingerprint density at radius 2 is 0.419 bits per heavy atom. The summed E-state index contributed by atoms with van der Waals surface area (Å²) in [4.78, 5) is 0. The number of hydrogen-bond acceptors (Lipinski definition) is 3. The van der Waals surface area contributed by atoms with Crippen LogP contribution >= 0.6 is 60.7 Å². The molecule has 0 saturated carbocycles. The zero-order valence-electron chi connectivity index (χ0n) is 23.3. The van der Waals surface area contributed by atoms with Crippen molar-refractivity contribution in [2.24, 2.45) is 0 Å². The van der Waals surface area contributed by atoms with E-state index in [9.17, 15) is 0 Å². The summed E-state index contributed by atoms with van der Waals surface area (Å²) in [5.74, 6) is 0. The molecule has 0 atom stereocenters. The van der Waals surface area contributed by atoms with Crippen LogP contribution in [0.3, 0.4) is 0 Å². The first-order valence-electron chi connectivity index (χ1n) is 13.8. The predicted octanol–water partition coefficient (Wildman–Crippen LogP) is 10.5. The average molecular weight is 902 g/mol. The molecular formula is C36H30BI3O3. The van der Waals surface area contributed by atoms with Crippen molar-refractivity contribution in [1.82, 2.24) is 0 Å². The molecular weight excluding hydrogens is 872 g/mol. The monoisotopic (exact) mass is 902 g/mol. The molecule has 6 rings (SSSR count). The molecule has 0 aliphatic heterocycles. The molecule has 0 aromatic heterocycles. The van der Waals surface area contributed by atoms with Gasteiger partial charge in [0.05, 0.1) is 0 Å². The van der Waals surface area contributed by atoms with Gasteiger partial charge in [0.25, 0.3) is 0 Å². The first kappa shape index (κ1) is 30.5. The summed E-state index contributed by atoms with van der Waals surface area (Å²) in [6.45, 7) is 0. The zero-order valence-corrected chi connectivity index (χ0v) is 29.7. The van der Waals surface area contributed by atoms with Crippen molar-refractivity contribution in [3.05, 3.63) is 203 Å². The molecule has 0 aliphatic rings. The molecule has 0 saturated heterocycles. The Bertz CT molecular complexity index is 1330. The second-order valence-corrected chi connectivity index (χ2v) is 22.3. The van der Waals surface area contributed by atoms with Gasteiger partial charge in [-0.15, -0.1) is 0 Å². The van der Waals surface area contributed by atoms with Crippen molar-refractivity contribution < 1.29 is 8.95 Å². The summed E-state index contributed by atoms with van der Waals surface area (Å²) in [5, 5.41) is 0. The Hall–Kier alpha value is -2.55. The molecule has 0 N–H and O–H groups in total. The number of halogens is 3. The van der Waals surface area contributed by atoms with Crippen LogP contribution < -0.4 is 0 Å². The Balaban J connectivity index is 1.43. The third-order valence-electron chi connectivity index (χ3n) is 6.07. The zero-order chi connectivity index (χ0) is 29.1. The van der Waals surface area contributed by atoms with Crippen molar-refractivity contribution in [1.29, 1.82) is 0 Å². The molecule has 216 valence electrons. The third kappa shape index (κ3) is 8.34. The molecule has 0 fully saturated rings. The number of hydrogen-bond donors (Lipinski definition) is 0. The summed E-state index contributed by atoms with van der Waals surface area (Å²) in [5.41, 5.74) is 0. The molecule has 3 nitrogen and oxygen atoms in total. The third-order valence-corrected chi connectivity index (χ3v) is 19.9. The molecule has 6 aromatic rings. The SMILES string of the molecule is c1ccc(I(OB(OI(c2ccccc2)c2ccccc2)OI(c2ccccc2)c2ccccc2)c2ccccc2)cc1. The van der Waals surface area contributed by atoms with Crippen LogP contribution in [0.4, 0.5) is 0 Å². The molecule has 43 heavy (non-hydrogen) atoms. The van der Waals surface area contributed by atoms with E-state index in [4.69, 9.17) is 8.95 Å². The first-order chi connectivity index (χ1) is 21.3. The maximum absolute atomic E-state index is 7.16. The van der Waals surface area contributed by atoms with Gasteiger partial charge in [0.15, 0.2) is 0 Å². The maximum atomic E-state index is 7.16. The molecule has 0 radical (unpaired) electrons. The van der Waals surface area contributed by atoms with Crippen LogP contribution in [0.5, 0.6) is 0 Å². The van der Waals surface area contributed by atoms with E-state index in [1.807, 2.05) is 0 Å². The van der Waals surface area contributed by atoms with Crippen LogP contribution in [-0.4, -0.2) is 7.32 Å². The average Bonchev–Trinajstić information content (AvgIpc) is 3.10. The van der Waals surface area contributed by atoms with Crippen molar-refractivity contribution in [3.63, 3.8) is 0 Å². The Kier molecular flexibility index (Phi) is 11.3. The normalized spacial score (nSPS) is 11.9. The fourth-order valence-corrected chi connectivity index (χ4v) is 17.5. The first-order valence-corrected chi connectivity index (χ1v) is 22.9. The van der Waals surface area contributed by atoms with Gasteiger partial charge in [-0.1, -0.05) is 0 Å². The molecule has 0 aliphatic carbocycles. The molecule has 0 heterocycles. The fraction of sp³-hybridized carbons (Fsp3) is 0. The predicted molar refractivity (Wildman–Crippen MR) is 202 cm³/mol. The topological polar surface area (TPSA) is 27.7 Å². The molecule has 0 unspecified atom stereocenters.